The molecule has 21 heavy (non-hydrogen) atoms. The minimum Gasteiger partial charge on any atom is -0.399 e. The summed E-state index contributed by atoms with van der Waals surface area (Å²) in [7, 11) is 0. The van der Waals surface area contributed by atoms with Crippen LogP contribution in [0.4, 0.5) is 11.4 Å². The summed E-state index contributed by atoms with van der Waals surface area (Å²) in [5, 5.41) is 3.03. The molecule has 1 unspecified atom stereocenters. The van der Waals surface area contributed by atoms with E-state index in [1.54, 1.807) is 0 Å². The van der Waals surface area contributed by atoms with E-state index in [0.29, 0.717) is 11.6 Å². The van der Waals surface area contributed by atoms with Crippen molar-refractivity contribution >= 4 is 17.3 Å². The Balaban J connectivity index is 2.18. The first-order valence-electron chi connectivity index (χ1n) is 7.24. The number of hydrogen-bond acceptors (Lipinski definition) is 2. The van der Waals surface area contributed by atoms with Gasteiger partial charge in [-0.1, -0.05) is 44.2 Å². The molecule has 3 N–H and O–H groups in total. The van der Waals surface area contributed by atoms with Gasteiger partial charge in [0.25, 0.3) is 0 Å². The van der Waals surface area contributed by atoms with Gasteiger partial charge in [-0.05, 0) is 42.2 Å². The highest BCUT2D eigenvalue weighted by atomic mass is 16.1. The molecule has 0 aliphatic carbocycles. The van der Waals surface area contributed by atoms with E-state index in [2.05, 4.69) is 19.2 Å². The van der Waals surface area contributed by atoms with Crippen molar-refractivity contribution in [2.24, 2.45) is 0 Å². The topological polar surface area (TPSA) is 55.1 Å². The van der Waals surface area contributed by atoms with Crippen LogP contribution < -0.4 is 11.1 Å². The van der Waals surface area contributed by atoms with Gasteiger partial charge in [0.1, 0.15) is 0 Å². The van der Waals surface area contributed by atoms with Crippen molar-refractivity contribution in [2.75, 3.05) is 11.1 Å². The third-order valence-corrected chi connectivity index (χ3v) is 3.64. The monoisotopic (exact) mass is 282 g/mol. The summed E-state index contributed by atoms with van der Waals surface area (Å²) in [6.45, 7) is 6.13. The van der Waals surface area contributed by atoms with E-state index >= 15 is 0 Å². The lowest BCUT2D eigenvalue weighted by atomic mass is 9.98. The van der Waals surface area contributed by atoms with Crippen molar-refractivity contribution in [3.05, 3.63) is 59.7 Å². The van der Waals surface area contributed by atoms with Crippen LogP contribution in [0.25, 0.3) is 0 Å². The van der Waals surface area contributed by atoms with E-state index in [1.807, 2.05) is 55.5 Å². The Bertz CT molecular complexity index is 635. The SMILES string of the molecule is CC(C)c1ccccc1NC(=O)C(C)c1cccc(N)c1. The second kappa shape index (κ2) is 6.44. The van der Waals surface area contributed by atoms with Crippen molar-refractivity contribution in [1.29, 1.82) is 0 Å². The van der Waals surface area contributed by atoms with Crippen LogP contribution in [0.1, 0.15) is 43.7 Å². The molecule has 3 nitrogen and oxygen atoms in total. The fourth-order valence-electron chi connectivity index (χ4n) is 2.34. The molecule has 0 saturated heterocycles. The molecule has 0 saturated carbocycles. The Morgan fingerprint density at radius 3 is 2.43 bits per heavy atom. The first-order valence-corrected chi connectivity index (χ1v) is 7.24. The minimum absolute atomic E-state index is 0.0197. The van der Waals surface area contributed by atoms with Gasteiger partial charge in [-0.25, -0.2) is 0 Å². The molecule has 0 radical (unpaired) electrons. The van der Waals surface area contributed by atoms with E-state index in [9.17, 15) is 4.79 Å². The molecular weight excluding hydrogens is 260 g/mol. The fraction of sp³-hybridized carbons (Fsp3) is 0.278. The van der Waals surface area contributed by atoms with Gasteiger partial charge >= 0.3 is 0 Å². The predicted molar refractivity (Wildman–Crippen MR) is 88.4 cm³/mol. The summed E-state index contributed by atoms with van der Waals surface area (Å²) in [5.74, 6) is 0.103. The van der Waals surface area contributed by atoms with Gasteiger partial charge in [-0.2, -0.15) is 0 Å². The van der Waals surface area contributed by atoms with Gasteiger partial charge in [0.15, 0.2) is 0 Å². The van der Waals surface area contributed by atoms with Crippen LogP contribution in [0.3, 0.4) is 0 Å². The van der Waals surface area contributed by atoms with Gasteiger partial charge in [0.05, 0.1) is 5.92 Å². The largest absolute Gasteiger partial charge is 0.399 e. The van der Waals surface area contributed by atoms with Crippen molar-refractivity contribution in [2.45, 2.75) is 32.6 Å². The number of para-hydroxylation sites is 1. The number of carbonyl (C=O) groups is 1. The molecule has 0 aliphatic rings. The van der Waals surface area contributed by atoms with E-state index < -0.39 is 0 Å². The van der Waals surface area contributed by atoms with Crippen LogP contribution in [0.15, 0.2) is 48.5 Å². The number of nitrogen functional groups attached to an aromatic ring is 1. The van der Waals surface area contributed by atoms with Gasteiger partial charge in [0.2, 0.25) is 5.91 Å². The maximum absolute atomic E-state index is 12.4. The second-order valence-electron chi connectivity index (χ2n) is 5.62. The molecule has 2 aromatic carbocycles. The molecule has 0 bridgehead atoms. The van der Waals surface area contributed by atoms with E-state index in [-0.39, 0.29) is 11.8 Å². The van der Waals surface area contributed by atoms with Crippen LogP contribution in [0, 0.1) is 0 Å². The first kappa shape index (κ1) is 15.1. The third kappa shape index (κ3) is 3.63. The van der Waals surface area contributed by atoms with Crippen molar-refractivity contribution in [1.82, 2.24) is 0 Å². The Kier molecular flexibility index (Phi) is 4.63. The molecule has 0 fully saturated rings. The zero-order valence-electron chi connectivity index (χ0n) is 12.8. The molecule has 3 heteroatoms. The Morgan fingerprint density at radius 1 is 1.05 bits per heavy atom. The Labute approximate surface area is 126 Å². The number of rotatable bonds is 4. The number of hydrogen-bond donors (Lipinski definition) is 2. The second-order valence-corrected chi connectivity index (χ2v) is 5.62. The molecule has 2 rings (SSSR count). The number of benzene rings is 2. The lowest BCUT2D eigenvalue weighted by molar-refractivity contribution is -0.117. The molecule has 0 aliphatic heterocycles. The van der Waals surface area contributed by atoms with Gasteiger partial charge in [0, 0.05) is 11.4 Å². The predicted octanol–water partition coefficient (Wildman–Crippen LogP) is 4.13. The number of carbonyl (C=O) groups excluding carboxylic acids is 1. The van der Waals surface area contributed by atoms with E-state index in [0.717, 1.165) is 16.8 Å². The smallest absolute Gasteiger partial charge is 0.231 e. The molecule has 0 spiro atoms. The number of amides is 1. The molecule has 1 atom stereocenters. The van der Waals surface area contributed by atoms with Gasteiger partial charge in [-0.15, -0.1) is 0 Å². The normalized spacial score (nSPS) is 12.2. The summed E-state index contributed by atoms with van der Waals surface area (Å²) in [6.07, 6.45) is 0. The van der Waals surface area contributed by atoms with Crippen molar-refractivity contribution in [3.8, 4) is 0 Å². The summed E-state index contributed by atoms with van der Waals surface area (Å²) < 4.78 is 0. The van der Waals surface area contributed by atoms with E-state index in [1.165, 1.54) is 0 Å². The van der Waals surface area contributed by atoms with Gasteiger partial charge < -0.3 is 11.1 Å². The summed E-state index contributed by atoms with van der Waals surface area (Å²) in [6, 6.07) is 15.4. The summed E-state index contributed by atoms with van der Waals surface area (Å²) >= 11 is 0. The maximum atomic E-state index is 12.4. The average molecular weight is 282 g/mol. The summed E-state index contributed by atoms with van der Waals surface area (Å²) in [4.78, 5) is 12.4. The van der Waals surface area contributed by atoms with Crippen molar-refractivity contribution < 1.29 is 4.79 Å². The van der Waals surface area contributed by atoms with Crippen molar-refractivity contribution in [3.63, 3.8) is 0 Å². The van der Waals surface area contributed by atoms with Gasteiger partial charge in [-0.3, -0.25) is 4.79 Å². The average Bonchev–Trinajstić information content (AvgIpc) is 2.46. The lowest BCUT2D eigenvalue weighted by Crippen LogP contribution is -2.20. The number of nitrogens with two attached hydrogens (primary N) is 1. The zero-order valence-corrected chi connectivity index (χ0v) is 12.8. The highest BCUT2D eigenvalue weighted by Crippen LogP contribution is 2.26. The third-order valence-electron chi connectivity index (χ3n) is 3.64. The first-order chi connectivity index (χ1) is 9.99. The van der Waals surface area contributed by atoms with Crippen LogP contribution >= 0.6 is 0 Å². The molecule has 1 amide bonds. The summed E-state index contributed by atoms with van der Waals surface area (Å²) in [5.41, 5.74) is 9.41. The van der Waals surface area contributed by atoms with Crippen LogP contribution in [-0.2, 0) is 4.79 Å². The minimum atomic E-state index is -0.242. The molecular formula is C18H22N2O. The fourth-order valence-corrected chi connectivity index (χ4v) is 2.34. The Morgan fingerprint density at radius 2 is 1.76 bits per heavy atom. The standard InChI is InChI=1S/C18H22N2O/c1-12(2)16-9-4-5-10-17(16)20-18(21)13(3)14-7-6-8-15(19)11-14/h4-13H,19H2,1-3H3,(H,20,21). The lowest BCUT2D eigenvalue weighted by Gasteiger charge is -2.17. The number of nitrogens with one attached hydrogen (secondary N) is 1. The molecule has 2 aromatic rings. The van der Waals surface area contributed by atoms with E-state index in [4.69, 9.17) is 5.73 Å². The Hall–Kier alpha value is -2.29. The highest BCUT2D eigenvalue weighted by molar-refractivity contribution is 5.96. The van der Waals surface area contributed by atoms with Crippen LogP contribution in [-0.4, -0.2) is 5.91 Å². The molecule has 0 heterocycles. The maximum Gasteiger partial charge on any atom is 0.231 e. The van der Waals surface area contributed by atoms with Crippen LogP contribution in [0.2, 0.25) is 0 Å². The zero-order chi connectivity index (χ0) is 15.4. The highest BCUT2D eigenvalue weighted by Gasteiger charge is 2.17. The molecule has 0 aromatic heterocycles. The number of anilines is 2. The van der Waals surface area contributed by atoms with Crippen LogP contribution in [0.5, 0.6) is 0 Å². The quantitative estimate of drug-likeness (QED) is 0.828. The molecule has 110 valence electrons.